The van der Waals surface area contributed by atoms with Crippen molar-refractivity contribution in [3.05, 3.63) is 35.6 Å². The SMILES string of the molecule is CNC(C1CCOCC1)C(C)(C)c1ccc(F)cc1. The van der Waals surface area contributed by atoms with E-state index in [4.69, 9.17) is 4.74 Å². The van der Waals surface area contributed by atoms with Crippen molar-refractivity contribution in [1.82, 2.24) is 5.32 Å². The van der Waals surface area contributed by atoms with Crippen LogP contribution in [0.25, 0.3) is 0 Å². The zero-order chi connectivity index (χ0) is 13.9. The van der Waals surface area contributed by atoms with Crippen molar-refractivity contribution in [3.63, 3.8) is 0 Å². The van der Waals surface area contributed by atoms with Crippen molar-refractivity contribution in [2.45, 2.75) is 38.1 Å². The molecule has 1 aliphatic rings. The summed E-state index contributed by atoms with van der Waals surface area (Å²) in [4.78, 5) is 0. The zero-order valence-corrected chi connectivity index (χ0v) is 12.1. The molecular weight excluding hydrogens is 241 g/mol. The van der Waals surface area contributed by atoms with Gasteiger partial charge < -0.3 is 10.1 Å². The van der Waals surface area contributed by atoms with Crippen LogP contribution in [0.4, 0.5) is 4.39 Å². The van der Waals surface area contributed by atoms with Crippen LogP contribution in [0.5, 0.6) is 0 Å². The minimum atomic E-state index is -0.174. The van der Waals surface area contributed by atoms with Crippen molar-refractivity contribution in [3.8, 4) is 0 Å². The Bertz CT molecular complexity index is 396. The van der Waals surface area contributed by atoms with Gasteiger partial charge in [0.05, 0.1) is 0 Å². The third-order valence-corrected chi connectivity index (χ3v) is 4.41. The quantitative estimate of drug-likeness (QED) is 0.903. The summed E-state index contributed by atoms with van der Waals surface area (Å²) >= 11 is 0. The summed E-state index contributed by atoms with van der Waals surface area (Å²) in [5, 5.41) is 3.48. The maximum absolute atomic E-state index is 13.1. The van der Waals surface area contributed by atoms with Gasteiger partial charge in [-0.15, -0.1) is 0 Å². The van der Waals surface area contributed by atoms with E-state index in [1.54, 1.807) is 12.1 Å². The van der Waals surface area contributed by atoms with E-state index >= 15 is 0 Å². The van der Waals surface area contributed by atoms with Crippen molar-refractivity contribution in [2.75, 3.05) is 20.3 Å². The lowest BCUT2D eigenvalue weighted by molar-refractivity contribution is 0.0443. The van der Waals surface area contributed by atoms with E-state index in [1.165, 1.54) is 5.56 Å². The first-order valence-corrected chi connectivity index (χ1v) is 7.06. The maximum atomic E-state index is 13.1. The van der Waals surface area contributed by atoms with Crippen LogP contribution in [-0.4, -0.2) is 26.3 Å². The first kappa shape index (κ1) is 14.5. The molecule has 0 radical (unpaired) electrons. The minimum absolute atomic E-state index is 0.0234. The van der Waals surface area contributed by atoms with Crippen LogP contribution in [-0.2, 0) is 10.2 Å². The fraction of sp³-hybridized carbons (Fsp3) is 0.625. The number of rotatable bonds is 4. The molecule has 1 N–H and O–H groups in total. The Labute approximate surface area is 115 Å². The lowest BCUT2D eigenvalue weighted by Crippen LogP contribution is -2.49. The third kappa shape index (κ3) is 3.15. The summed E-state index contributed by atoms with van der Waals surface area (Å²) in [5.41, 5.74) is 1.16. The third-order valence-electron chi connectivity index (χ3n) is 4.41. The summed E-state index contributed by atoms with van der Waals surface area (Å²) in [6.45, 7) is 6.17. The second-order valence-electron chi connectivity index (χ2n) is 5.94. The number of halogens is 1. The molecule has 1 aromatic rings. The zero-order valence-electron chi connectivity index (χ0n) is 12.1. The van der Waals surface area contributed by atoms with Gasteiger partial charge in [-0.3, -0.25) is 0 Å². The lowest BCUT2D eigenvalue weighted by atomic mass is 9.70. The number of hydrogen-bond acceptors (Lipinski definition) is 2. The second kappa shape index (κ2) is 6.02. The Morgan fingerprint density at radius 3 is 2.32 bits per heavy atom. The summed E-state index contributed by atoms with van der Waals surface area (Å²) in [7, 11) is 2.02. The molecule has 0 aliphatic carbocycles. The Kier molecular flexibility index (Phi) is 4.58. The summed E-state index contributed by atoms with van der Waals surface area (Å²) in [5.74, 6) is 0.436. The Hall–Kier alpha value is -0.930. The van der Waals surface area contributed by atoms with E-state index in [9.17, 15) is 4.39 Å². The molecule has 2 nitrogen and oxygen atoms in total. The summed E-state index contributed by atoms with van der Waals surface area (Å²) in [6.07, 6.45) is 2.19. The molecule has 1 unspecified atom stereocenters. The van der Waals surface area contributed by atoms with Gasteiger partial charge in [-0.25, -0.2) is 4.39 Å². The molecule has 106 valence electrons. The molecule has 1 heterocycles. The highest BCUT2D eigenvalue weighted by molar-refractivity contribution is 5.27. The first-order valence-electron chi connectivity index (χ1n) is 7.06. The van der Waals surface area contributed by atoms with Crippen LogP contribution in [0.1, 0.15) is 32.3 Å². The fourth-order valence-corrected chi connectivity index (χ4v) is 3.29. The largest absolute Gasteiger partial charge is 0.381 e. The molecule has 0 aromatic heterocycles. The van der Waals surface area contributed by atoms with Gasteiger partial charge in [-0.05, 0) is 43.5 Å². The molecule has 0 spiro atoms. The van der Waals surface area contributed by atoms with E-state index in [-0.39, 0.29) is 11.2 Å². The number of nitrogens with one attached hydrogen (secondary N) is 1. The average molecular weight is 265 g/mol. The summed E-state index contributed by atoms with van der Waals surface area (Å²) < 4.78 is 18.5. The van der Waals surface area contributed by atoms with Gasteiger partial charge in [-0.1, -0.05) is 26.0 Å². The van der Waals surface area contributed by atoms with Crippen LogP contribution in [0.15, 0.2) is 24.3 Å². The standard InChI is InChI=1S/C16H24FNO/c1-16(2,13-4-6-14(17)7-5-13)15(18-3)12-8-10-19-11-9-12/h4-7,12,15,18H,8-11H2,1-3H3. The number of hydrogen-bond donors (Lipinski definition) is 1. The molecule has 1 aliphatic heterocycles. The molecule has 0 bridgehead atoms. The van der Waals surface area contributed by atoms with Gasteiger partial charge in [0.15, 0.2) is 0 Å². The maximum Gasteiger partial charge on any atom is 0.123 e. The highest BCUT2D eigenvalue weighted by Gasteiger charge is 2.36. The van der Waals surface area contributed by atoms with Gasteiger partial charge >= 0.3 is 0 Å². The monoisotopic (exact) mass is 265 g/mol. The van der Waals surface area contributed by atoms with Crippen LogP contribution in [0.2, 0.25) is 0 Å². The van der Waals surface area contributed by atoms with E-state index < -0.39 is 0 Å². The highest BCUT2D eigenvalue weighted by atomic mass is 19.1. The van der Waals surface area contributed by atoms with E-state index in [2.05, 4.69) is 19.2 Å². The van der Waals surface area contributed by atoms with E-state index in [0.29, 0.717) is 12.0 Å². The van der Waals surface area contributed by atoms with Gasteiger partial charge in [0.25, 0.3) is 0 Å². The van der Waals surface area contributed by atoms with Crippen LogP contribution < -0.4 is 5.32 Å². The van der Waals surface area contributed by atoms with Gasteiger partial charge in [-0.2, -0.15) is 0 Å². The first-order chi connectivity index (χ1) is 9.05. The van der Waals surface area contributed by atoms with Crippen molar-refractivity contribution >= 4 is 0 Å². The smallest absolute Gasteiger partial charge is 0.123 e. The van der Waals surface area contributed by atoms with E-state index in [0.717, 1.165) is 26.1 Å². The Balaban J connectivity index is 2.21. The van der Waals surface area contributed by atoms with Crippen molar-refractivity contribution in [1.29, 1.82) is 0 Å². The molecule has 3 heteroatoms. The predicted molar refractivity (Wildman–Crippen MR) is 75.8 cm³/mol. The predicted octanol–water partition coefficient (Wildman–Crippen LogP) is 3.12. The molecule has 1 atom stereocenters. The molecule has 1 saturated heterocycles. The number of likely N-dealkylation sites (N-methyl/N-ethyl adjacent to an activating group) is 1. The van der Waals surface area contributed by atoms with E-state index in [1.807, 2.05) is 19.2 Å². The average Bonchev–Trinajstić information content (AvgIpc) is 2.41. The molecule has 19 heavy (non-hydrogen) atoms. The molecule has 2 rings (SSSR count). The van der Waals surface area contributed by atoms with Crippen LogP contribution in [0, 0.1) is 11.7 Å². The van der Waals surface area contributed by atoms with Crippen molar-refractivity contribution < 1.29 is 9.13 Å². The fourth-order valence-electron chi connectivity index (χ4n) is 3.29. The summed E-state index contributed by atoms with van der Waals surface area (Å²) in [6, 6.07) is 7.28. The Morgan fingerprint density at radius 2 is 1.79 bits per heavy atom. The topological polar surface area (TPSA) is 21.3 Å². The van der Waals surface area contributed by atoms with Crippen LogP contribution in [0.3, 0.4) is 0 Å². The molecule has 0 amide bonds. The van der Waals surface area contributed by atoms with Crippen molar-refractivity contribution in [2.24, 2.45) is 5.92 Å². The highest BCUT2D eigenvalue weighted by Crippen LogP contribution is 2.34. The normalized spacial score (nSPS) is 19.4. The second-order valence-corrected chi connectivity index (χ2v) is 5.94. The molecular formula is C16H24FNO. The molecule has 0 saturated carbocycles. The van der Waals surface area contributed by atoms with Gasteiger partial charge in [0, 0.05) is 24.7 Å². The number of ether oxygens (including phenoxy) is 1. The minimum Gasteiger partial charge on any atom is -0.381 e. The Morgan fingerprint density at radius 1 is 1.21 bits per heavy atom. The lowest BCUT2D eigenvalue weighted by Gasteiger charge is -2.41. The molecule has 1 fully saturated rings. The molecule has 1 aromatic carbocycles. The number of benzene rings is 1. The van der Waals surface area contributed by atoms with Gasteiger partial charge in [0.2, 0.25) is 0 Å². The van der Waals surface area contributed by atoms with Gasteiger partial charge in [0.1, 0.15) is 5.82 Å². The van der Waals surface area contributed by atoms with Crippen LogP contribution >= 0.6 is 0 Å².